The fraction of sp³-hybridized carbons (Fsp3) is 0.720. The molecule has 0 aliphatic carbocycles. The normalized spacial score (nSPS) is 20.2. The van der Waals surface area contributed by atoms with Crippen LogP contribution in [0.5, 0.6) is 0 Å². The molecule has 2 rings (SSSR count). The second-order valence-electron chi connectivity index (χ2n) is 9.55. The molecule has 2 unspecified atom stereocenters. The first-order valence-electron chi connectivity index (χ1n) is 12.2. The molecule has 6 nitrogen and oxygen atoms in total. The van der Waals surface area contributed by atoms with Crippen LogP contribution in [0.3, 0.4) is 0 Å². The van der Waals surface area contributed by atoms with E-state index >= 15 is 0 Å². The molecule has 0 radical (unpaired) electrons. The first-order chi connectivity index (χ1) is 16.5. The average Bonchev–Trinajstić information content (AvgIpc) is 2.81. The number of halogens is 4. The van der Waals surface area contributed by atoms with Crippen molar-refractivity contribution in [3.63, 3.8) is 0 Å². The minimum Gasteiger partial charge on any atom is -0.385 e. The zero-order valence-electron chi connectivity index (χ0n) is 20.8. The number of hydrogen-bond acceptors (Lipinski definition) is 4. The van der Waals surface area contributed by atoms with E-state index in [2.05, 4.69) is 10.6 Å². The number of urea groups is 1. The third kappa shape index (κ3) is 8.81. The highest BCUT2D eigenvalue weighted by molar-refractivity contribution is 6.30. The van der Waals surface area contributed by atoms with Crippen molar-refractivity contribution in [3.05, 3.63) is 34.9 Å². The van der Waals surface area contributed by atoms with Crippen LogP contribution in [0.2, 0.25) is 5.02 Å². The average molecular weight is 522 g/mol. The highest BCUT2D eigenvalue weighted by Gasteiger charge is 2.42. The van der Waals surface area contributed by atoms with Gasteiger partial charge >= 0.3 is 12.2 Å². The molecule has 0 aromatic heterocycles. The molecule has 0 spiro atoms. The van der Waals surface area contributed by atoms with Crippen LogP contribution in [0, 0.1) is 11.8 Å². The number of piperidine rings is 1. The summed E-state index contributed by atoms with van der Waals surface area (Å²) in [6, 6.07) is 6.10. The number of aliphatic hydroxyl groups is 1. The van der Waals surface area contributed by atoms with Gasteiger partial charge in [0.2, 0.25) is 0 Å². The molecule has 3 N–H and O–H groups in total. The minimum atomic E-state index is -4.32. The lowest BCUT2D eigenvalue weighted by molar-refractivity contribution is -0.172. The number of ether oxygens (including phenoxy) is 1. The Morgan fingerprint density at radius 1 is 1.34 bits per heavy atom. The van der Waals surface area contributed by atoms with E-state index in [1.54, 1.807) is 37.3 Å². The molecular formula is C25H39ClF3N3O3. The number of nitrogens with one attached hydrogen (secondary N) is 2. The molecule has 4 atom stereocenters. The molecule has 10 heteroatoms. The number of carbonyl (C=O) groups excluding carboxylic acids is 1. The van der Waals surface area contributed by atoms with Gasteiger partial charge in [0.25, 0.3) is 0 Å². The van der Waals surface area contributed by atoms with Crippen LogP contribution in [0.25, 0.3) is 0 Å². The van der Waals surface area contributed by atoms with Gasteiger partial charge in [-0.1, -0.05) is 30.7 Å². The number of alkyl halides is 3. The van der Waals surface area contributed by atoms with Gasteiger partial charge in [-0.25, -0.2) is 4.79 Å². The van der Waals surface area contributed by atoms with E-state index in [1.807, 2.05) is 6.07 Å². The maximum Gasteiger partial charge on any atom is 0.391 e. The first-order valence-corrected chi connectivity index (χ1v) is 12.6. The van der Waals surface area contributed by atoms with E-state index in [-0.39, 0.29) is 18.9 Å². The van der Waals surface area contributed by atoms with Crippen molar-refractivity contribution in [1.29, 1.82) is 0 Å². The molecule has 1 fully saturated rings. The van der Waals surface area contributed by atoms with Gasteiger partial charge in [-0.2, -0.15) is 13.2 Å². The zero-order valence-corrected chi connectivity index (χ0v) is 21.6. The Balaban J connectivity index is 2.15. The summed E-state index contributed by atoms with van der Waals surface area (Å²) in [4.78, 5) is 14.7. The van der Waals surface area contributed by atoms with E-state index in [4.69, 9.17) is 16.3 Å². The maximum absolute atomic E-state index is 13.1. The molecule has 1 aliphatic rings. The minimum absolute atomic E-state index is 0.209. The van der Waals surface area contributed by atoms with Crippen LogP contribution in [0.15, 0.2) is 24.3 Å². The molecule has 1 aromatic carbocycles. The molecular weight excluding hydrogens is 483 g/mol. The summed E-state index contributed by atoms with van der Waals surface area (Å²) in [7, 11) is 3.28. The van der Waals surface area contributed by atoms with Crippen molar-refractivity contribution in [1.82, 2.24) is 15.5 Å². The standard InChI is InChI=1S/C25H39ClF3N3O3/c1-18(25(27,28)29)14-22(16-30-2)31-23(33)32-12-7-9-20(17-32)24(34,11-4-5-13-35-3)19-8-6-10-21(26)15-19/h6,8,10,15,18,20,22,30,34H,4-5,7,9,11-14,16-17H2,1-3H3,(H,31,33)/t18?,20-,22?,24-/m1/s1. The highest BCUT2D eigenvalue weighted by Crippen LogP contribution is 2.40. The SMILES string of the molecule is CNCC(CC(C)C(F)(F)F)NC(=O)N1CCC[C@@H]([C@@](O)(CCCCOC)c2cccc(Cl)c2)C1. The molecule has 0 bridgehead atoms. The lowest BCUT2D eigenvalue weighted by atomic mass is 9.74. The van der Waals surface area contributed by atoms with Gasteiger partial charge in [0, 0.05) is 50.3 Å². The second kappa shape index (κ2) is 13.7. The number of hydrogen-bond donors (Lipinski definition) is 3. The zero-order chi connectivity index (χ0) is 26.1. The lowest BCUT2D eigenvalue weighted by Gasteiger charge is -2.43. The van der Waals surface area contributed by atoms with E-state index in [9.17, 15) is 23.1 Å². The molecule has 2 amide bonds. The molecule has 1 heterocycles. The van der Waals surface area contributed by atoms with E-state index in [0.29, 0.717) is 43.1 Å². The van der Waals surface area contributed by atoms with Crippen LogP contribution < -0.4 is 10.6 Å². The number of nitrogens with zero attached hydrogens (tertiary/aromatic N) is 1. The summed E-state index contributed by atoms with van der Waals surface area (Å²) in [6.45, 7) is 2.74. The number of rotatable bonds is 12. The maximum atomic E-state index is 13.1. The number of likely N-dealkylation sites (tertiary alicyclic amines) is 1. The predicted octanol–water partition coefficient (Wildman–Crippen LogP) is 4.94. The molecule has 1 aromatic rings. The van der Waals surface area contributed by atoms with Crippen molar-refractivity contribution in [3.8, 4) is 0 Å². The molecule has 35 heavy (non-hydrogen) atoms. The van der Waals surface area contributed by atoms with E-state index in [1.165, 1.54) is 0 Å². The summed E-state index contributed by atoms with van der Waals surface area (Å²) >= 11 is 6.22. The quantitative estimate of drug-likeness (QED) is 0.341. The molecule has 1 aliphatic heterocycles. The summed E-state index contributed by atoms with van der Waals surface area (Å²) < 4.78 is 44.4. The van der Waals surface area contributed by atoms with Crippen LogP contribution in [-0.2, 0) is 10.3 Å². The summed E-state index contributed by atoms with van der Waals surface area (Å²) in [5.41, 5.74) is -0.478. The summed E-state index contributed by atoms with van der Waals surface area (Å²) in [5.74, 6) is -1.77. The topological polar surface area (TPSA) is 73.8 Å². The Bertz CT molecular complexity index is 799. The van der Waals surface area contributed by atoms with E-state index in [0.717, 1.165) is 26.2 Å². The fourth-order valence-electron chi connectivity index (χ4n) is 4.80. The van der Waals surface area contributed by atoms with E-state index < -0.39 is 29.8 Å². The third-order valence-electron chi connectivity index (χ3n) is 6.84. The Morgan fingerprint density at radius 2 is 2.09 bits per heavy atom. The van der Waals surface area contributed by atoms with Gasteiger partial charge in [0.05, 0.1) is 11.5 Å². The molecule has 1 saturated heterocycles. The van der Waals surface area contributed by atoms with Gasteiger partial charge in [-0.05, 0) is 63.3 Å². The number of methoxy groups -OCH3 is 1. The Labute approximate surface area is 211 Å². The van der Waals surface area contributed by atoms with Crippen LogP contribution in [0.4, 0.5) is 18.0 Å². The van der Waals surface area contributed by atoms with Crippen molar-refractivity contribution in [2.45, 2.75) is 63.3 Å². The van der Waals surface area contributed by atoms with Crippen LogP contribution >= 0.6 is 11.6 Å². The third-order valence-corrected chi connectivity index (χ3v) is 7.07. The highest BCUT2D eigenvalue weighted by atomic mass is 35.5. The Morgan fingerprint density at radius 3 is 2.71 bits per heavy atom. The Kier molecular flexibility index (Phi) is 11.6. The molecule has 200 valence electrons. The van der Waals surface area contributed by atoms with Crippen molar-refractivity contribution in [2.75, 3.05) is 40.4 Å². The Hall–Kier alpha value is -1.55. The monoisotopic (exact) mass is 521 g/mol. The van der Waals surface area contributed by atoms with Crippen molar-refractivity contribution in [2.24, 2.45) is 11.8 Å². The van der Waals surface area contributed by atoms with Gasteiger partial charge in [-0.15, -0.1) is 0 Å². The number of carbonyl (C=O) groups is 1. The van der Waals surface area contributed by atoms with Gasteiger partial charge in [0.15, 0.2) is 0 Å². The van der Waals surface area contributed by atoms with Crippen molar-refractivity contribution < 1.29 is 27.8 Å². The number of unbranched alkanes of at least 4 members (excludes halogenated alkanes) is 1. The van der Waals surface area contributed by atoms with Crippen LogP contribution in [0.1, 0.15) is 51.0 Å². The lowest BCUT2D eigenvalue weighted by Crippen LogP contribution is -2.54. The molecule has 0 saturated carbocycles. The second-order valence-corrected chi connectivity index (χ2v) is 9.99. The van der Waals surface area contributed by atoms with Gasteiger partial charge < -0.3 is 25.4 Å². The largest absolute Gasteiger partial charge is 0.391 e. The predicted molar refractivity (Wildman–Crippen MR) is 131 cm³/mol. The van der Waals surface area contributed by atoms with Gasteiger partial charge in [0.1, 0.15) is 0 Å². The number of likely N-dealkylation sites (N-methyl/N-ethyl adjacent to an activating group) is 1. The number of amides is 2. The fourth-order valence-corrected chi connectivity index (χ4v) is 4.99. The van der Waals surface area contributed by atoms with Crippen LogP contribution in [-0.4, -0.2) is 68.7 Å². The first kappa shape index (κ1) is 29.7. The summed E-state index contributed by atoms with van der Waals surface area (Å²) in [5, 5.41) is 18.1. The van der Waals surface area contributed by atoms with Crippen molar-refractivity contribution >= 4 is 17.6 Å². The smallest absolute Gasteiger partial charge is 0.385 e. The summed E-state index contributed by atoms with van der Waals surface area (Å²) in [6.07, 6.45) is -1.10. The van der Waals surface area contributed by atoms with Gasteiger partial charge in [-0.3, -0.25) is 0 Å². The number of benzene rings is 1.